The molecule has 4 aromatic rings. The summed E-state index contributed by atoms with van der Waals surface area (Å²) in [6.07, 6.45) is 0.937. The van der Waals surface area contributed by atoms with E-state index in [1.165, 1.54) is 4.90 Å². The highest BCUT2D eigenvalue weighted by atomic mass is 35.5. The number of hydrogen-bond donors (Lipinski definition) is 1. The Bertz CT molecular complexity index is 1710. The van der Waals surface area contributed by atoms with Gasteiger partial charge in [-0.25, -0.2) is 8.42 Å². The van der Waals surface area contributed by atoms with Crippen molar-refractivity contribution in [3.05, 3.63) is 130 Å². The first-order valence-electron chi connectivity index (χ1n) is 15.0. The average molecular weight is 646 g/mol. The molecule has 0 heterocycles. The molecule has 0 fully saturated rings. The van der Waals surface area contributed by atoms with E-state index in [2.05, 4.69) is 5.32 Å². The number of halogens is 1. The third-order valence-corrected chi connectivity index (χ3v) is 9.99. The quantitative estimate of drug-likeness (QED) is 0.175. The normalized spacial score (nSPS) is 12.6. The van der Waals surface area contributed by atoms with Crippen LogP contribution in [0.25, 0.3) is 0 Å². The number of anilines is 1. The number of benzene rings is 4. The molecule has 2 unspecified atom stereocenters. The van der Waals surface area contributed by atoms with Crippen LogP contribution in [-0.2, 0) is 32.6 Å². The molecule has 0 bridgehead atoms. The predicted octanol–water partition coefficient (Wildman–Crippen LogP) is 6.71. The van der Waals surface area contributed by atoms with Crippen LogP contribution >= 0.6 is 11.6 Å². The van der Waals surface area contributed by atoms with Crippen molar-refractivity contribution in [1.29, 1.82) is 0 Å². The highest BCUT2D eigenvalue weighted by molar-refractivity contribution is 7.92. The number of hydrogen-bond acceptors (Lipinski definition) is 4. The van der Waals surface area contributed by atoms with Gasteiger partial charge in [0.25, 0.3) is 10.0 Å². The van der Waals surface area contributed by atoms with E-state index in [0.717, 1.165) is 15.4 Å². The zero-order valence-corrected chi connectivity index (χ0v) is 27.7. The number of carbonyl (C=O) groups is 2. The van der Waals surface area contributed by atoms with E-state index in [-0.39, 0.29) is 29.8 Å². The lowest BCUT2D eigenvalue weighted by atomic mass is 10.0. The van der Waals surface area contributed by atoms with Crippen LogP contribution in [0.2, 0.25) is 5.02 Å². The Labute approximate surface area is 271 Å². The molecular formula is C36H40ClN3O4S. The summed E-state index contributed by atoms with van der Waals surface area (Å²) in [5, 5.41) is 3.49. The summed E-state index contributed by atoms with van der Waals surface area (Å²) < 4.78 is 29.5. The summed E-state index contributed by atoms with van der Waals surface area (Å²) in [6.45, 7) is 7.05. The lowest BCUT2D eigenvalue weighted by molar-refractivity contribution is -0.140. The number of nitrogens with zero attached hydrogens (tertiary/aromatic N) is 2. The smallest absolute Gasteiger partial charge is 0.264 e. The van der Waals surface area contributed by atoms with Crippen LogP contribution in [0, 0.1) is 13.8 Å². The van der Waals surface area contributed by atoms with Gasteiger partial charge in [0, 0.05) is 24.0 Å². The van der Waals surface area contributed by atoms with Crippen molar-refractivity contribution in [3.63, 3.8) is 0 Å². The van der Waals surface area contributed by atoms with Gasteiger partial charge in [0.15, 0.2) is 0 Å². The van der Waals surface area contributed by atoms with E-state index in [4.69, 9.17) is 11.6 Å². The van der Waals surface area contributed by atoms with Crippen molar-refractivity contribution >= 4 is 39.1 Å². The first kappa shape index (κ1) is 33.7. The Morgan fingerprint density at radius 3 is 2.11 bits per heavy atom. The third kappa shape index (κ3) is 8.53. The molecule has 0 aromatic heterocycles. The van der Waals surface area contributed by atoms with Crippen molar-refractivity contribution in [3.8, 4) is 0 Å². The van der Waals surface area contributed by atoms with E-state index in [0.29, 0.717) is 28.3 Å². The fourth-order valence-electron chi connectivity index (χ4n) is 5.00. The lowest BCUT2D eigenvalue weighted by Crippen LogP contribution is -2.54. The van der Waals surface area contributed by atoms with Gasteiger partial charge in [-0.05, 0) is 68.1 Å². The third-order valence-electron chi connectivity index (χ3n) is 7.84. The highest BCUT2D eigenvalue weighted by Gasteiger charge is 2.35. The van der Waals surface area contributed by atoms with Crippen molar-refractivity contribution in [2.75, 3.05) is 10.8 Å². The van der Waals surface area contributed by atoms with E-state index < -0.39 is 28.5 Å². The maximum atomic E-state index is 14.6. The Balaban J connectivity index is 1.83. The Kier molecular flexibility index (Phi) is 11.4. The molecule has 9 heteroatoms. The molecular weight excluding hydrogens is 606 g/mol. The number of rotatable bonds is 13. The molecule has 2 atom stereocenters. The largest absolute Gasteiger partial charge is 0.352 e. The molecule has 0 saturated heterocycles. The van der Waals surface area contributed by atoms with Crippen molar-refractivity contribution in [2.24, 2.45) is 0 Å². The molecule has 4 rings (SSSR count). The first-order chi connectivity index (χ1) is 21.5. The average Bonchev–Trinajstić information content (AvgIpc) is 3.03. The monoisotopic (exact) mass is 645 g/mol. The van der Waals surface area contributed by atoms with Crippen LogP contribution in [0.5, 0.6) is 0 Å². The summed E-state index contributed by atoms with van der Waals surface area (Å²) in [7, 11) is -4.17. The van der Waals surface area contributed by atoms with Gasteiger partial charge in [0.05, 0.1) is 10.6 Å². The number of aryl methyl sites for hydroxylation is 2. The predicted molar refractivity (Wildman–Crippen MR) is 181 cm³/mol. The van der Waals surface area contributed by atoms with E-state index in [1.807, 2.05) is 63.2 Å². The molecule has 0 spiro atoms. The SMILES string of the molecule is CCC(C)NC(=O)C(Cc1ccccc1)N(Cc1ccccc1Cl)C(=O)CN(c1ccccc1C)S(=O)(=O)c1ccc(C)cc1. The molecule has 236 valence electrons. The minimum Gasteiger partial charge on any atom is -0.352 e. The molecule has 0 radical (unpaired) electrons. The summed E-state index contributed by atoms with van der Waals surface area (Å²) in [6, 6.07) is 29.1. The Morgan fingerprint density at radius 2 is 1.47 bits per heavy atom. The standard InChI is InChI=1S/C36H40ClN3O4S/c1-5-28(4)38-36(42)34(23-29-14-7-6-8-15-29)39(24-30-16-10-11-17-32(30)37)35(41)25-40(33-18-12-9-13-27(33)3)45(43,44)31-21-19-26(2)20-22-31/h6-22,28,34H,5,23-25H2,1-4H3,(H,38,42). The van der Waals surface area contributed by atoms with E-state index in [9.17, 15) is 18.0 Å². The fourth-order valence-corrected chi connectivity index (χ4v) is 6.67. The topological polar surface area (TPSA) is 86.8 Å². The van der Waals surface area contributed by atoms with Gasteiger partial charge in [0.2, 0.25) is 11.8 Å². The molecule has 0 aliphatic rings. The van der Waals surface area contributed by atoms with Crippen molar-refractivity contribution in [2.45, 2.75) is 64.1 Å². The minimum atomic E-state index is -4.17. The number of carbonyl (C=O) groups excluding carboxylic acids is 2. The second-order valence-corrected chi connectivity index (χ2v) is 13.5. The van der Waals surface area contributed by atoms with Gasteiger partial charge in [0.1, 0.15) is 12.6 Å². The van der Waals surface area contributed by atoms with Crippen LogP contribution in [-0.4, -0.2) is 43.8 Å². The minimum absolute atomic E-state index is 0.0100. The molecule has 7 nitrogen and oxygen atoms in total. The molecule has 0 aliphatic carbocycles. The molecule has 4 aromatic carbocycles. The molecule has 0 saturated carbocycles. The number of amides is 2. The van der Waals surface area contributed by atoms with Crippen LogP contribution in [0.4, 0.5) is 5.69 Å². The van der Waals surface area contributed by atoms with Crippen molar-refractivity contribution < 1.29 is 18.0 Å². The second kappa shape index (κ2) is 15.2. The van der Waals surface area contributed by atoms with Crippen LogP contribution < -0.4 is 9.62 Å². The maximum absolute atomic E-state index is 14.6. The lowest BCUT2D eigenvalue weighted by Gasteiger charge is -2.34. The highest BCUT2D eigenvalue weighted by Crippen LogP contribution is 2.28. The number of sulfonamides is 1. The van der Waals surface area contributed by atoms with Gasteiger partial charge in [-0.1, -0.05) is 103 Å². The van der Waals surface area contributed by atoms with Crippen molar-refractivity contribution in [1.82, 2.24) is 10.2 Å². The molecule has 45 heavy (non-hydrogen) atoms. The molecule has 1 N–H and O–H groups in total. The van der Waals surface area contributed by atoms with Gasteiger partial charge < -0.3 is 10.2 Å². The summed E-state index contributed by atoms with van der Waals surface area (Å²) >= 11 is 6.57. The fraction of sp³-hybridized carbons (Fsp3) is 0.278. The maximum Gasteiger partial charge on any atom is 0.264 e. The molecule has 0 aliphatic heterocycles. The zero-order chi connectivity index (χ0) is 32.6. The van der Waals surface area contributed by atoms with Crippen LogP contribution in [0.3, 0.4) is 0 Å². The number of para-hydroxylation sites is 1. The van der Waals surface area contributed by atoms with Gasteiger partial charge in [-0.2, -0.15) is 0 Å². The number of nitrogens with one attached hydrogen (secondary N) is 1. The second-order valence-electron chi connectivity index (χ2n) is 11.2. The van der Waals surface area contributed by atoms with Crippen LogP contribution in [0.15, 0.2) is 108 Å². The summed E-state index contributed by atoms with van der Waals surface area (Å²) in [4.78, 5) is 30.0. The van der Waals surface area contributed by atoms with E-state index in [1.54, 1.807) is 67.6 Å². The van der Waals surface area contributed by atoms with Gasteiger partial charge >= 0.3 is 0 Å². The summed E-state index contributed by atoms with van der Waals surface area (Å²) in [5.41, 5.74) is 3.49. The Morgan fingerprint density at radius 1 is 0.844 bits per heavy atom. The summed E-state index contributed by atoms with van der Waals surface area (Å²) in [5.74, 6) is -0.855. The first-order valence-corrected chi connectivity index (χ1v) is 16.8. The van der Waals surface area contributed by atoms with Gasteiger partial charge in [-0.3, -0.25) is 13.9 Å². The van der Waals surface area contributed by atoms with E-state index >= 15 is 0 Å². The zero-order valence-electron chi connectivity index (χ0n) is 26.1. The Hall–Kier alpha value is -4.14. The molecule has 2 amide bonds. The van der Waals surface area contributed by atoms with Crippen LogP contribution in [0.1, 0.15) is 42.5 Å². The van der Waals surface area contributed by atoms with Gasteiger partial charge in [-0.15, -0.1) is 0 Å².